The predicted octanol–water partition coefficient (Wildman–Crippen LogP) is 1.85. The Hall–Kier alpha value is -0.810. The van der Waals surface area contributed by atoms with Crippen LogP contribution in [0.5, 0.6) is 0 Å². The molecule has 0 N–H and O–H groups in total. The zero-order chi connectivity index (χ0) is 7.11. The van der Waals surface area contributed by atoms with E-state index in [0.717, 1.165) is 12.1 Å². The van der Waals surface area contributed by atoms with Gasteiger partial charge < -0.3 is 4.74 Å². The highest BCUT2D eigenvalue weighted by Crippen LogP contribution is 2.01. The van der Waals surface area contributed by atoms with Crippen LogP contribution in [0.15, 0.2) is 11.8 Å². The summed E-state index contributed by atoms with van der Waals surface area (Å²) >= 11 is 0. The Bertz CT molecular complexity index is 132. The maximum absolute atomic E-state index is 6.64. The maximum Gasteiger partial charge on any atom is 0.163 e. The van der Waals surface area contributed by atoms with Gasteiger partial charge in [0.05, 0.1) is 6.57 Å². The van der Waals surface area contributed by atoms with Gasteiger partial charge in [0.25, 0.3) is 0 Å². The summed E-state index contributed by atoms with van der Waals surface area (Å²) in [4.78, 5) is 3.28. The van der Waals surface area contributed by atoms with Crippen molar-refractivity contribution in [1.29, 1.82) is 0 Å². The van der Waals surface area contributed by atoms with E-state index in [1.807, 2.05) is 13.0 Å². The fourth-order valence-corrected chi connectivity index (χ4v) is 0.471. The first-order chi connectivity index (χ1) is 4.35. The predicted molar refractivity (Wildman–Crippen MR) is 36.9 cm³/mol. The van der Waals surface area contributed by atoms with E-state index in [-0.39, 0.29) is 0 Å². The Labute approximate surface area is 56.0 Å². The minimum Gasteiger partial charge on any atom is -0.386 e. The molecule has 50 valence electrons. The van der Waals surface area contributed by atoms with Crippen molar-refractivity contribution in [2.75, 3.05) is 13.7 Å². The molecule has 0 aromatic rings. The molecule has 0 radical (unpaired) electrons. The van der Waals surface area contributed by atoms with E-state index in [4.69, 9.17) is 11.3 Å². The van der Waals surface area contributed by atoms with Gasteiger partial charge in [0, 0.05) is 20.1 Å². The van der Waals surface area contributed by atoms with E-state index >= 15 is 0 Å². The third-order valence-corrected chi connectivity index (χ3v) is 1.04. The molecule has 0 aliphatic rings. The Morgan fingerprint density at radius 3 is 2.78 bits per heavy atom. The van der Waals surface area contributed by atoms with Gasteiger partial charge in [0.1, 0.15) is 0 Å². The number of allylic oxidation sites excluding steroid dienone is 1. The minimum absolute atomic E-state index is 0.641. The molecule has 0 saturated carbocycles. The molecule has 0 rings (SSSR count). The lowest BCUT2D eigenvalue weighted by Crippen LogP contribution is -1.87. The highest BCUT2D eigenvalue weighted by molar-refractivity contribution is 5.08. The molecular formula is C7H11NO. The second-order valence-electron chi connectivity index (χ2n) is 1.63. The van der Waals surface area contributed by atoms with Gasteiger partial charge in [-0.15, -0.1) is 0 Å². The average molecular weight is 125 g/mol. The molecular weight excluding hydrogens is 114 g/mol. The normalized spacial score (nSPS) is 11.0. The van der Waals surface area contributed by atoms with Gasteiger partial charge >= 0.3 is 0 Å². The molecule has 0 spiro atoms. The van der Waals surface area contributed by atoms with Gasteiger partial charge in [-0.2, -0.15) is 0 Å². The van der Waals surface area contributed by atoms with Crippen molar-refractivity contribution in [3.63, 3.8) is 0 Å². The topological polar surface area (TPSA) is 13.6 Å². The van der Waals surface area contributed by atoms with Crippen LogP contribution in [-0.2, 0) is 4.74 Å². The summed E-state index contributed by atoms with van der Waals surface area (Å²) in [7, 11) is 1.64. The monoisotopic (exact) mass is 125 g/mol. The molecule has 2 nitrogen and oxygen atoms in total. The average Bonchev–Trinajstić information content (AvgIpc) is 1.91. The first kappa shape index (κ1) is 8.19. The van der Waals surface area contributed by atoms with Crippen LogP contribution in [0.2, 0.25) is 0 Å². The summed E-state index contributed by atoms with van der Waals surface area (Å²) in [6.45, 7) is 9.14. The minimum atomic E-state index is 0.641. The van der Waals surface area contributed by atoms with E-state index in [0.29, 0.717) is 6.61 Å². The Kier molecular flexibility index (Phi) is 4.85. The van der Waals surface area contributed by atoms with Crippen molar-refractivity contribution in [3.8, 4) is 0 Å². The van der Waals surface area contributed by atoms with E-state index in [1.165, 1.54) is 0 Å². The van der Waals surface area contributed by atoms with Crippen molar-refractivity contribution in [1.82, 2.24) is 0 Å². The quantitative estimate of drug-likeness (QED) is 0.525. The molecule has 0 aliphatic carbocycles. The second kappa shape index (κ2) is 5.33. The zero-order valence-corrected chi connectivity index (χ0v) is 5.85. The van der Waals surface area contributed by atoms with Crippen molar-refractivity contribution in [2.45, 2.75) is 13.3 Å². The molecule has 0 aliphatic heterocycles. The van der Waals surface area contributed by atoms with Gasteiger partial charge in [-0.3, -0.25) is 0 Å². The van der Waals surface area contributed by atoms with Crippen LogP contribution in [0.1, 0.15) is 13.3 Å². The first-order valence-corrected chi connectivity index (χ1v) is 2.86. The summed E-state index contributed by atoms with van der Waals surface area (Å²) in [5, 5.41) is 0. The van der Waals surface area contributed by atoms with Crippen LogP contribution in [0.3, 0.4) is 0 Å². The third kappa shape index (κ3) is 3.75. The van der Waals surface area contributed by atoms with Crippen LogP contribution < -0.4 is 0 Å². The number of ether oxygens (including phenoxy) is 1. The van der Waals surface area contributed by atoms with E-state index in [9.17, 15) is 0 Å². The van der Waals surface area contributed by atoms with Crippen molar-refractivity contribution in [2.24, 2.45) is 0 Å². The maximum atomic E-state index is 6.64. The molecule has 9 heavy (non-hydrogen) atoms. The summed E-state index contributed by atoms with van der Waals surface area (Å²) in [6.07, 6.45) is 2.54. The number of hydrogen-bond acceptors (Lipinski definition) is 1. The molecule has 2 heteroatoms. The zero-order valence-electron chi connectivity index (χ0n) is 5.85. The summed E-state index contributed by atoms with van der Waals surface area (Å²) in [5.74, 6) is 0. The molecule has 0 fully saturated rings. The number of nitrogens with zero attached hydrogens (tertiary/aromatic N) is 1. The van der Waals surface area contributed by atoms with Gasteiger partial charge in [-0.05, 0) is 0 Å². The highest BCUT2D eigenvalue weighted by atomic mass is 16.5. The Morgan fingerprint density at radius 1 is 1.78 bits per heavy atom. The lowest BCUT2D eigenvalue weighted by Gasteiger charge is -1.93. The molecule has 0 atom stereocenters. The third-order valence-electron chi connectivity index (χ3n) is 1.04. The van der Waals surface area contributed by atoms with Crippen LogP contribution in [0.25, 0.3) is 4.85 Å². The van der Waals surface area contributed by atoms with E-state index < -0.39 is 0 Å². The van der Waals surface area contributed by atoms with Crippen molar-refractivity contribution >= 4 is 0 Å². The summed E-state index contributed by atoms with van der Waals surface area (Å²) < 4.78 is 4.79. The van der Waals surface area contributed by atoms with Crippen molar-refractivity contribution < 1.29 is 4.74 Å². The Balaban J connectivity index is 3.49. The van der Waals surface area contributed by atoms with E-state index in [2.05, 4.69) is 4.85 Å². The molecule has 0 amide bonds. The van der Waals surface area contributed by atoms with E-state index in [1.54, 1.807) is 7.11 Å². The molecule has 0 aromatic heterocycles. The fourth-order valence-electron chi connectivity index (χ4n) is 0.471. The first-order valence-electron chi connectivity index (χ1n) is 2.86. The van der Waals surface area contributed by atoms with Gasteiger partial charge in [-0.1, -0.05) is 13.0 Å². The van der Waals surface area contributed by atoms with Crippen LogP contribution in [0, 0.1) is 6.57 Å². The summed E-state index contributed by atoms with van der Waals surface area (Å²) in [6, 6.07) is 0. The van der Waals surface area contributed by atoms with Crippen LogP contribution in [-0.4, -0.2) is 13.7 Å². The number of methoxy groups -OCH3 is 1. The van der Waals surface area contributed by atoms with Gasteiger partial charge in [0.15, 0.2) is 5.70 Å². The van der Waals surface area contributed by atoms with Crippen molar-refractivity contribution in [3.05, 3.63) is 23.2 Å². The largest absolute Gasteiger partial charge is 0.386 e. The fraction of sp³-hybridized carbons (Fsp3) is 0.571. The molecule has 0 bridgehead atoms. The molecule has 0 saturated heterocycles. The highest BCUT2D eigenvalue weighted by Gasteiger charge is 1.91. The van der Waals surface area contributed by atoms with Crippen LogP contribution in [0.4, 0.5) is 0 Å². The van der Waals surface area contributed by atoms with Gasteiger partial charge in [-0.25, -0.2) is 4.85 Å². The van der Waals surface area contributed by atoms with Gasteiger partial charge in [0.2, 0.25) is 0 Å². The standard InChI is InChI=1S/C7H11NO/c1-4-7(8-2)5-6-9-3/h4H,5-6H2,1,3H3/b7-4-. The Morgan fingerprint density at radius 2 is 2.44 bits per heavy atom. The lowest BCUT2D eigenvalue weighted by atomic mass is 10.3. The second-order valence-corrected chi connectivity index (χ2v) is 1.63. The summed E-state index contributed by atoms with van der Waals surface area (Å²) in [5.41, 5.74) is 0.775. The number of rotatable bonds is 3. The van der Waals surface area contributed by atoms with Crippen LogP contribution >= 0.6 is 0 Å². The molecule has 0 unspecified atom stereocenters. The SMILES string of the molecule is [C-]#[N+]/C(=C\C)CCOC. The smallest absolute Gasteiger partial charge is 0.163 e. The lowest BCUT2D eigenvalue weighted by molar-refractivity contribution is 0.203. The number of hydrogen-bond donors (Lipinski definition) is 0. The molecule has 0 heterocycles. The molecule has 0 aromatic carbocycles.